The quantitative estimate of drug-likeness (QED) is 0.546. The summed E-state index contributed by atoms with van der Waals surface area (Å²) in [7, 11) is 0. The summed E-state index contributed by atoms with van der Waals surface area (Å²) >= 11 is 0. The molecule has 3 nitrogen and oxygen atoms in total. The van der Waals surface area contributed by atoms with Gasteiger partial charge in [-0.2, -0.15) is 0 Å². The molecule has 21 heavy (non-hydrogen) atoms. The molecule has 2 aromatic carbocycles. The van der Waals surface area contributed by atoms with E-state index < -0.39 is 23.2 Å². The van der Waals surface area contributed by atoms with Crippen LogP contribution in [0.4, 0.5) is 13.2 Å². The Labute approximate surface area is 117 Å². The summed E-state index contributed by atoms with van der Waals surface area (Å²) in [5.74, 6) is -4.90. The molecule has 0 saturated heterocycles. The molecule has 0 atom stereocenters. The van der Waals surface area contributed by atoms with E-state index in [1.165, 1.54) is 0 Å². The van der Waals surface area contributed by atoms with E-state index in [0.717, 1.165) is 0 Å². The molecule has 0 bridgehead atoms. The largest absolute Gasteiger partial charge is 0.440 e. The lowest BCUT2D eigenvalue weighted by atomic mass is 10.1. The molecule has 1 heterocycles. The average Bonchev–Trinajstić information content (AvgIpc) is 2.86. The zero-order valence-corrected chi connectivity index (χ0v) is 10.6. The highest BCUT2D eigenvalue weighted by molar-refractivity contribution is 5.97. The van der Waals surface area contributed by atoms with Crippen molar-refractivity contribution in [3.63, 3.8) is 0 Å². The maximum atomic E-state index is 13.1. The number of hydrogen-bond acceptors (Lipinski definition) is 3. The van der Waals surface area contributed by atoms with Crippen LogP contribution in [0.15, 0.2) is 40.8 Å². The summed E-state index contributed by atoms with van der Waals surface area (Å²) in [5, 5.41) is 0. The second-order valence-electron chi connectivity index (χ2n) is 4.43. The van der Waals surface area contributed by atoms with E-state index in [4.69, 9.17) is 4.42 Å². The van der Waals surface area contributed by atoms with Crippen LogP contribution < -0.4 is 0 Å². The van der Waals surface area contributed by atoms with Gasteiger partial charge in [-0.15, -0.1) is 0 Å². The summed E-state index contributed by atoms with van der Waals surface area (Å²) in [4.78, 5) is 16.0. The molecule has 0 fully saturated rings. The Bertz CT molecular complexity index is 786. The lowest BCUT2D eigenvalue weighted by Gasteiger charge is -2.01. The minimum Gasteiger partial charge on any atom is -0.440 e. The number of Topliss-reactive ketones (excluding diaryl/α,β-unsaturated/α-hetero) is 1. The fourth-order valence-corrected chi connectivity index (χ4v) is 1.95. The molecule has 0 spiro atoms. The first-order valence-electron chi connectivity index (χ1n) is 6.07. The molecule has 1 aromatic heterocycles. The molecule has 3 aromatic rings. The monoisotopic (exact) mass is 291 g/mol. The summed E-state index contributed by atoms with van der Waals surface area (Å²) < 4.78 is 44.4. The highest BCUT2D eigenvalue weighted by Crippen LogP contribution is 2.18. The molecular weight excluding hydrogens is 283 g/mol. The van der Waals surface area contributed by atoms with E-state index >= 15 is 0 Å². The molecule has 0 radical (unpaired) electrons. The standard InChI is InChI=1S/C15H8F3NO2/c16-9-5-8(6-10(17)15(9)18)12(20)7-14-19-11-3-1-2-4-13(11)21-14/h1-6H,7H2. The first kappa shape index (κ1) is 13.4. The van der Waals surface area contributed by atoms with Gasteiger partial charge in [0.15, 0.2) is 28.8 Å². The van der Waals surface area contributed by atoms with Crippen LogP contribution >= 0.6 is 0 Å². The zero-order valence-electron chi connectivity index (χ0n) is 10.6. The Kier molecular flexibility index (Phi) is 3.21. The number of rotatable bonds is 3. The molecule has 6 heteroatoms. The van der Waals surface area contributed by atoms with Gasteiger partial charge in [0, 0.05) is 5.56 Å². The number of carbonyl (C=O) groups excluding carboxylic acids is 1. The van der Waals surface area contributed by atoms with Crippen LogP contribution in [0.3, 0.4) is 0 Å². The number of hydrogen-bond donors (Lipinski definition) is 0. The van der Waals surface area contributed by atoms with Crippen molar-refractivity contribution in [2.75, 3.05) is 0 Å². The topological polar surface area (TPSA) is 43.1 Å². The van der Waals surface area contributed by atoms with Crippen molar-refractivity contribution >= 4 is 16.9 Å². The van der Waals surface area contributed by atoms with Crippen LogP contribution in [-0.2, 0) is 6.42 Å². The van der Waals surface area contributed by atoms with Crippen LogP contribution in [-0.4, -0.2) is 10.8 Å². The molecule has 0 unspecified atom stereocenters. The third kappa shape index (κ3) is 2.52. The number of fused-ring (bicyclic) bond motifs is 1. The molecule has 3 rings (SSSR count). The first-order chi connectivity index (χ1) is 10.0. The Morgan fingerprint density at radius 2 is 1.76 bits per heavy atom. The number of ketones is 1. The summed E-state index contributed by atoms with van der Waals surface area (Å²) in [6, 6.07) is 8.23. The highest BCUT2D eigenvalue weighted by Gasteiger charge is 2.17. The Morgan fingerprint density at radius 1 is 1.10 bits per heavy atom. The third-order valence-electron chi connectivity index (χ3n) is 2.96. The SMILES string of the molecule is O=C(Cc1nc2ccccc2o1)c1cc(F)c(F)c(F)c1. The van der Waals surface area contributed by atoms with Gasteiger partial charge in [-0.05, 0) is 24.3 Å². The Hall–Kier alpha value is -2.63. The number of oxazole rings is 1. The predicted molar refractivity (Wildman–Crippen MR) is 68.4 cm³/mol. The van der Waals surface area contributed by atoms with E-state index in [-0.39, 0.29) is 17.9 Å². The third-order valence-corrected chi connectivity index (χ3v) is 2.96. The molecule has 0 N–H and O–H groups in total. The number of para-hydroxylation sites is 2. The average molecular weight is 291 g/mol. The van der Waals surface area contributed by atoms with Gasteiger partial charge in [0.1, 0.15) is 5.52 Å². The lowest BCUT2D eigenvalue weighted by molar-refractivity contribution is 0.0985. The van der Waals surface area contributed by atoms with Gasteiger partial charge in [-0.25, -0.2) is 18.2 Å². The fourth-order valence-electron chi connectivity index (χ4n) is 1.95. The van der Waals surface area contributed by atoms with Gasteiger partial charge < -0.3 is 4.42 Å². The normalized spacial score (nSPS) is 11.0. The summed E-state index contributed by atoms with van der Waals surface area (Å²) in [5.41, 5.74) is 0.821. The molecule has 106 valence electrons. The van der Waals surface area contributed by atoms with Crippen LogP contribution in [0.25, 0.3) is 11.1 Å². The van der Waals surface area contributed by atoms with Gasteiger partial charge in [0.05, 0.1) is 6.42 Å². The lowest BCUT2D eigenvalue weighted by Crippen LogP contribution is -2.06. The van der Waals surface area contributed by atoms with Gasteiger partial charge in [0.2, 0.25) is 5.89 Å². The van der Waals surface area contributed by atoms with E-state index in [1.807, 2.05) is 0 Å². The molecular formula is C15H8F3NO2. The molecule has 0 aliphatic carbocycles. The minimum atomic E-state index is -1.60. The smallest absolute Gasteiger partial charge is 0.203 e. The Morgan fingerprint density at radius 3 is 2.43 bits per heavy atom. The summed E-state index contributed by atoms with van der Waals surface area (Å²) in [6.07, 6.45) is -0.265. The van der Waals surface area contributed by atoms with Gasteiger partial charge in [0.25, 0.3) is 0 Å². The van der Waals surface area contributed by atoms with Crippen LogP contribution in [0.2, 0.25) is 0 Å². The number of carbonyl (C=O) groups is 1. The number of halogens is 3. The van der Waals surface area contributed by atoms with Crippen molar-refractivity contribution in [1.29, 1.82) is 0 Å². The first-order valence-corrected chi connectivity index (χ1v) is 6.07. The van der Waals surface area contributed by atoms with Crippen LogP contribution in [0.1, 0.15) is 16.2 Å². The highest BCUT2D eigenvalue weighted by atomic mass is 19.2. The van der Waals surface area contributed by atoms with Crippen molar-refractivity contribution in [1.82, 2.24) is 4.98 Å². The zero-order chi connectivity index (χ0) is 15.0. The minimum absolute atomic E-state index is 0.131. The Balaban J connectivity index is 1.89. The fraction of sp³-hybridized carbons (Fsp3) is 0.0667. The molecule has 0 saturated carbocycles. The van der Waals surface area contributed by atoms with E-state index in [9.17, 15) is 18.0 Å². The molecule has 0 aliphatic rings. The van der Waals surface area contributed by atoms with Gasteiger partial charge in [-0.1, -0.05) is 12.1 Å². The van der Waals surface area contributed by atoms with Crippen molar-refractivity contribution in [2.45, 2.75) is 6.42 Å². The number of aromatic nitrogens is 1. The predicted octanol–water partition coefficient (Wildman–Crippen LogP) is 3.67. The second kappa shape index (κ2) is 5.05. The maximum Gasteiger partial charge on any atom is 0.203 e. The maximum absolute atomic E-state index is 13.1. The van der Waals surface area contributed by atoms with Gasteiger partial charge in [-0.3, -0.25) is 4.79 Å². The van der Waals surface area contributed by atoms with Crippen molar-refractivity contribution in [3.8, 4) is 0 Å². The number of benzene rings is 2. The van der Waals surface area contributed by atoms with E-state index in [0.29, 0.717) is 23.2 Å². The second-order valence-corrected chi connectivity index (χ2v) is 4.43. The van der Waals surface area contributed by atoms with Crippen molar-refractivity contribution in [2.24, 2.45) is 0 Å². The van der Waals surface area contributed by atoms with Gasteiger partial charge >= 0.3 is 0 Å². The van der Waals surface area contributed by atoms with Crippen LogP contribution in [0, 0.1) is 17.5 Å². The molecule has 0 aliphatic heterocycles. The van der Waals surface area contributed by atoms with Crippen molar-refractivity contribution in [3.05, 3.63) is 65.3 Å². The van der Waals surface area contributed by atoms with E-state index in [2.05, 4.69) is 4.98 Å². The number of nitrogens with zero attached hydrogens (tertiary/aromatic N) is 1. The molecule has 0 amide bonds. The van der Waals surface area contributed by atoms with Crippen molar-refractivity contribution < 1.29 is 22.4 Å². The van der Waals surface area contributed by atoms with Crippen LogP contribution in [0.5, 0.6) is 0 Å². The summed E-state index contributed by atoms with van der Waals surface area (Å²) in [6.45, 7) is 0. The van der Waals surface area contributed by atoms with E-state index in [1.54, 1.807) is 24.3 Å².